The summed E-state index contributed by atoms with van der Waals surface area (Å²) >= 11 is 0. The van der Waals surface area contributed by atoms with Crippen LogP contribution in [-0.4, -0.2) is 39.0 Å². The van der Waals surface area contributed by atoms with E-state index in [1.54, 1.807) is 13.8 Å². The number of esters is 1. The summed E-state index contributed by atoms with van der Waals surface area (Å²) in [5.74, 6) is -0.402. The lowest BCUT2D eigenvalue weighted by atomic mass is 10.0. The van der Waals surface area contributed by atoms with E-state index in [-0.39, 0.29) is 35.1 Å². The van der Waals surface area contributed by atoms with Crippen molar-refractivity contribution < 1.29 is 22.7 Å². The average molecular weight is 413 g/mol. The van der Waals surface area contributed by atoms with Gasteiger partial charge < -0.3 is 10.1 Å². The predicted molar refractivity (Wildman–Crippen MR) is 108 cm³/mol. The standard InChI is InChI=1S/C20H32N2O5S/c1-14(2)7-6-8-16(5)21-19(23)13-27-20(24)17-9-11-18(12-10-17)28(25,26)22-15(3)4/h9-12,14-16,22H,6-8,13H2,1-5H3,(H,21,23). The van der Waals surface area contributed by atoms with Crippen LogP contribution in [-0.2, 0) is 19.6 Å². The summed E-state index contributed by atoms with van der Waals surface area (Å²) in [5.41, 5.74) is 0.182. The second kappa shape index (κ2) is 11.2. The third-order valence-electron chi connectivity index (χ3n) is 3.95. The molecule has 1 amide bonds. The monoisotopic (exact) mass is 412 g/mol. The van der Waals surface area contributed by atoms with Crippen LogP contribution in [0.5, 0.6) is 0 Å². The van der Waals surface area contributed by atoms with E-state index in [4.69, 9.17) is 4.74 Å². The average Bonchev–Trinajstić information content (AvgIpc) is 2.58. The molecule has 158 valence electrons. The molecular weight excluding hydrogens is 380 g/mol. The van der Waals surface area contributed by atoms with E-state index in [0.717, 1.165) is 19.3 Å². The zero-order valence-corrected chi connectivity index (χ0v) is 18.1. The maximum Gasteiger partial charge on any atom is 0.338 e. The van der Waals surface area contributed by atoms with Gasteiger partial charge in [0.15, 0.2) is 6.61 Å². The minimum atomic E-state index is -3.62. The van der Waals surface area contributed by atoms with Crippen molar-refractivity contribution in [2.24, 2.45) is 5.92 Å². The van der Waals surface area contributed by atoms with Crippen LogP contribution in [0.1, 0.15) is 64.2 Å². The molecule has 1 rings (SSSR count). The summed E-state index contributed by atoms with van der Waals surface area (Å²) in [5, 5.41) is 2.80. The molecule has 2 N–H and O–H groups in total. The summed E-state index contributed by atoms with van der Waals surface area (Å²) < 4.78 is 31.6. The van der Waals surface area contributed by atoms with Gasteiger partial charge in [-0.05, 0) is 57.4 Å². The Morgan fingerprint density at radius 3 is 2.14 bits per heavy atom. The quantitative estimate of drug-likeness (QED) is 0.544. The van der Waals surface area contributed by atoms with Gasteiger partial charge in [0.25, 0.3) is 5.91 Å². The molecule has 0 aliphatic carbocycles. The number of sulfonamides is 1. The topological polar surface area (TPSA) is 102 Å². The van der Waals surface area contributed by atoms with Crippen LogP contribution in [0.2, 0.25) is 0 Å². The van der Waals surface area contributed by atoms with Gasteiger partial charge >= 0.3 is 5.97 Å². The Hall–Kier alpha value is -1.93. The van der Waals surface area contributed by atoms with E-state index < -0.39 is 16.0 Å². The summed E-state index contributed by atoms with van der Waals surface area (Å²) in [6.07, 6.45) is 3.01. The maximum absolute atomic E-state index is 12.1. The number of benzene rings is 1. The van der Waals surface area contributed by atoms with Gasteiger partial charge in [0.2, 0.25) is 10.0 Å². The van der Waals surface area contributed by atoms with Gasteiger partial charge in [-0.15, -0.1) is 0 Å². The minimum absolute atomic E-state index is 0.0166. The van der Waals surface area contributed by atoms with Gasteiger partial charge in [-0.1, -0.05) is 26.7 Å². The van der Waals surface area contributed by atoms with Crippen molar-refractivity contribution in [3.63, 3.8) is 0 Å². The Morgan fingerprint density at radius 1 is 1.00 bits per heavy atom. The van der Waals surface area contributed by atoms with Crippen LogP contribution < -0.4 is 10.0 Å². The zero-order valence-electron chi connectivity index (χ0n) is 17.3. The molecule has 8 heteroatoms. The fraction of sp³-hybridized carbons (Fsp3) is 0.600. The van der Waals surface area contributed by atoms with Crippen molar-refractivity contribution in [2.75, 3.05) is 6.61 Å². The summed E-state index contributed by atoms with van der Waals surface area (Å²) in [7, 11) is -3.62. The number of carbonyl (C=O) groups is 2. The highest BCUT2D eigenvalue weighted by Crippen LogP contribution is 2.12. The molecule has 1 unspecified atom stereocenters. The van der Waals surface area contributed by atoms with Crippen molar-refractivity contribution in [3.05, 3.63) is 29.8 Å². The third-order valence-corrected chi connectivity index (χ3v) is 5.63. The SMILES string of the molecule is CC(C)CCCC(C)NC(=O)COC(=O)c1ccc(S(=O)(=O)NC(C)C)cc1. The van der Waals surface area contributed by atoms with Crippen molar-refractivity contribution in [1.29, 1.82) is 0 Å². The lowest BCUT2D eigenvalue weighted by molar-refractivity contribution is -0.124. The van der Waals surface area contributed by atoms with E-state index in [1.165, 1.54) is 24.3 Å². The second-order valence-corrected chi connectivity index (χ2v) is 9.38. The molecule has 0 saturated carbocycles. The lowest BCUT2D eigenvalue weighted by Crippen LogP contribution is -2.35. The van der Waals surface area contributed by atoms with Crippen LogP contribution in [0.25, 0.3) is 0 Å². The molecule has 0 spiro atoms. The van der Waals surface area contributed by atoms with E-state index in [1.807, 2.05) is 6.92 Å². The van der Waals surface area contributed by atoms with Crippen LogP contribution >= 0.6 is 0 Å². The Balaban J connectivity index is 2.49. The van der Waals surface area contributed by atoms with Crippen molar-refractivity contribution >= 4 is 21.9 Å². The van der Waals surface area contributed by atoms with Crippen molar-refractivity contribution in [3.8, 4) is 0 Å². The van der Waals surface area contributed by atoms with E-state index in [0.29, 0.717) is 5.92 Å². The molecule has 7 nitrogen and oxygen atoms in total. The first-order chi connectivity index (χ1) is 13.0. The first kappa shape index (κ1) is 24.1. The zero-order chi connectivity index (χ0) is 21.3. The number of ether oxygens (including phenoxy) is 1. The van der Waals surface area contributed by atoms with Crippen LogP contribution in [0.3, 0.4) is 0 Å². The van der Waals surface area contributed by atoms with Crippen molar-refractivity contribution in [2.45, 2.75) is 70.9 Å². The number of amides is 1. The Kier molecular flexibility index (Phi) is 9.61. The first-order valence-electron chi connectivity index (χ1n) is 9.60. The molecule has 1 atom stereocenters. The number of carbonyl (C=O) groups excluding carboxylic acids is 2. The molecule has 1 aromatic carbocycles. The highest BCUT2D eigenvalue weighted by atomic mass is 32.2. The van der Waals surface area contributed by atoms with Gasteiger partial charge in [0.1, 0.15) is 0 Å². The van der Waals surface area contributed by atoms with E-state index >= 15 is 0 Å². The van der Waals surface area contributed by atoms with Crippen molar-refractivity contribution in [1.82, 2.24) is 10.0 Å². The lowest BCUT2D eigenvalue weighted by Gasteiger charge is -2.14. The van der Waals surface area contributed by atoms with E-state index in [2.05, 4.69) is 23.9 Å². The molecule has 0 bridgehead atoms. The molecule has 0 aromatic heterocycles. The third kappa shape index (κ3) is 8.84. The fourth-order valence-electron chi connectivity index (χ4n) is 2.58. The highest BCUT2D eigenvalue weighted by Gasteiger charge is 2.17. The first-order valence-corrected chi connectivity index (χ1v) is 11.1. The normalized spacial score (nSPS) is 12.8. The Labute approximate surface area is 168 Å². The molecule has 0 aliphatic rings. The summed E-state index contributed by atoms with van der Waals surface area (Å²) in [6.45, 7) is 9.31. The van der Waals surface area contributed by atoms with E-state index in [9.17, 15) is 18.0 Å². The van der Waals surface area contributed by atoms with Gasteiger partial charge in [0.05, 0.1) is 10.5 Å². The molecular formula is C20H32N2O5S. The van der Waals surface area contributed by atoms with Crippen LogP contribution in [0, 0.1) is 5.92 Å². The van der Waals surface area contributed by atoms with Crippen LogP contribution in [0.4, 0.5) is 0 Å². The molecule has 28 heavy (non-hydrogen) atoms. The molecule has 0 radical (unpaired) electrons. The molecule has 1 aromatic rings. The largest absolute Gasteiger partial charge is 0.452 e. The molecule has 0 aliphatic heterocycles. The van der Waals surface area contributed by atoms with Gasteiger partial charge in [0, 0.05) is 12.1 Å². The highest BCUT2D eigenvalue weighted by molar-refractivity contribution is 7.89. The van der Waals surface area contributed by atoms with Gasteiger partial charge in [-0.2, -0.15) is 0 Å². The number of rotatable bonds is 11. The Morgan fingerprint density at radius 2 is 1.61 bits per heavy atom. The summed E-state index contributed by atoms with van der Waals surface area (Å²) in [4.78, 5) is 24.0. The van der Waals surface area contributed by atoms with Gasteiger partial charge in [-0.25, -0.2) is 17.9 Å². The van der Waals surface area contributed by atoms with Crippen LogP contribution in [0.15, 0.2) is 29.2 Å². The predicted octanol–water partition coefficient (Wildman–Crippen LogP) is 2.86. The number of nitrogens with one attached hydrogen (secondary N) is 2. The second-order valence-electron chi connectivity index (χ2n) is 7.67. The maximum atomic E-state index is 12.1. The minimum Gasteiger partial charge on any atom is -0.452 e. The molecule has 0 saturated heterocycles. The van der Waals surface area contributed by atoms with Gasteiger partial charge in [-0.3, -0.25) is 4.79 Å². The number of hydrogen-bond donors (Lipinski definition) is 2. The smallest absolute Gasteiger partial charge is 0.338 e. The number of hydrogen-bond acceptors (Lipinski definition) is 5. The summed E-state index contributed by atoms with van der Waals surface area (Å²) in [6, 6.07) is 5.17. The fourth-order valence-corrected chi connectivity index (χ4v) is 3.83. The Bertz CT molecular complexity index is 742. The molecule has 0 heterocycles. The molecule has 0 fully saturated rings.